The molecular formula is C20H18N4O2. The normalized spacial score (nSPS) is 16.8. The third-order valence-corrected chi connectivity index (χ3v) is 4.80. The Morgan fingerprint density at radius 3 is 2.62 bits per heavy atom. The van der Waals surface area contributed by atoms with E-state index in [0.717, 1.165) is 22.2 Å². The molecule has 0 radical (unpaired) electrons. The summed E-state index contributed by atoms with van der Waals surface area (Å²) >= 11 is 0. The van der Waals surface area contributed by atoms with Crippen molar-refractivity contribution in [3.63, 3.8) is 0 Å². The largest absolute Gasteiger partial charge is 0.369 e. The summed E-state index contributed by atoms with van der Waals surface area (Å²) in [5.74, 6) is -0.716. The molecule has 0 aliphatic carbocycles. The Kier molecular flexibility index (Phi) is 4.08. The summed E-state index contributed by atoms with van der Waals surface area (Å²) in [6, 6.07) is 13.1. The first-order valence-corrected chi connectivity index (χ1v) is 8.52. The van der Waals surface area contributed by atoms with Gasteiger partial charge in [-0.3, -0.25) is 14.6 Å². The molecule has 0 bridgehead atoms. The molecule has 130 valence electrons. The van der Waals surface area contributed by atoms with E-state index in [4.69, 9.17) is 5.73 Å². The van der Waals surface area contributed by atoms with E-state index in [1.807, 2.05) is 42.5 Å². The Balaban J connectivity index is 1.78. The molecule has 0 saturated carbocycles. The summed E-state index contributed by atoms with van der Waals surface area (Å²) in [5, 5.41) is 0.804. The number of aromatic nitrogens is 2. The van der Waals surface area contributed by atoms with E-state index in [9.17, 15) is 9.59 Å². The van der Waals surface area contributed by atoms with Crippen LogP contribution in [0.25, 0.3) is 22.2 Å². The molecule has 1 saturated heterocycles. The molecule has 6 nitrogen and oxygen atoms in total. The molecule has 1 aliphatic heterocycles. The second-order valence-electron chi connectivity index (χ2n) is 6.45. The topological polar surface area (TPSA) is 89.2 Å². The smallest absolute Gasteiger partial charge is 0.254 e. The molecule has 2 N–H and O–H groups in total. The molecule has 3 heterocycles. The number of fused-ring (bicyclic) bond motifs is 1. The number of para-hydroxylation sites is 1. The molecule has 2 amide bonds. The summed E-state index contributed by atoms with van der Waals surface area (Å²) in [6.07, 6.45) is 4.01. The van der Waals surface area contributed by atoms with Crippen LogP contribution in [0.2, 0.25) is 0 Å². The van der Waals surface area contributed by atoms with Gasteiger partial charge in [-0.15, -0.1) is 0 Å². The Morgan fingerprint density at radius 1 is 1.12 bits per heavy atom. The molecule has 6 heteroatoms. The van der Waals surface area contributed by atoms with Crippen molar-refractivity contribution in [2.75, 3.05) is 13.1 Å². The van der Waals surface area contributed by atoms with Crippen molar-refractivity contribution in [1.82, 2.24) is 14.9 Å². The molecule has 1 aromatic carbocycles. The summed E-state index contributed by atoms with van der Waals surface area (Å²) < 4.78 is 0. The summed E-state index contributed by atoms with van der Waals surface area (Å²) in [7, 11) is 0. The second kappa shape index (κ2) is 6.55. The first-order valence-electron chi connectivity index (χ1n) is 8.52. The van der Waals surface area contributed by atoms with Crippen LogP contribution in [0.4, 0.5) is 0 Å². The standard InChI is InChI=1S/C20H18N4O2/c21-19(25)14-7-10-24(12-14)20(26)16-11-18(13-5-8-22-9-6-13)23-17-4-2-1-3-15(16)17/h1-6,8-9,11,14H,7,10,12H2,(H2,21,25)/t14-/m1/s1. The first kappa shape index (κ1) is 16.2. The van der Waals surface area contributed by atoms with Crippen LogP contribution in [0.15, 0.2) is 54.9 Å². The molecular weight excluding hydrogens is 328 g/mol. The molecule has 1 aliphatic rings. The lowest BCUT2D eigenvalue weighted by atomic mass is 10.0. The average Bonchev–Trinajstić information content (AvgIpc) is 3.18. The van der Waals surface area contributed by atoms with E-state index in [1.54, 1.807) is 17.3 Å². The van der Waals surface area contributed by atoms with Gasteiger partial charge < -0.3 is 10.6 Å². The van der Waals surface area contributed by atoms with Crippen LogP contribution in [0.1, 0.15) is 16.8 Å². The van der Waals surface area contributed by atoms with Crippen LogP contribution in [0, 0.1) is 5.92 Å². The Hall–Kier alpha value is -3.28. The zero-order chi connectivity index (χ0) is 18.1. The average molecular weight is 346 g/mol. The number of hydrogen-bond donors (Lipinski definition) is 1. The molecule has 3 aromatic rings. The number of rotatable bonds is 3. The quantitative estimate of drug-likeness (QED) is 0.788. The molecule has 4 rings (SSSR count). The van der Waals surface area contributed by atoms with Gasteiger partial charge in [0.15, 0.2) is 0 Å². The van der Waals surface area contributed by atoms with Crippen molar-refractivity contribution in [2.24, 2.45) is 11.7 Å². The predicted molar refractivity (Wildman–Crippen MR) is 98.2 cm³/mol. The number of benzene rings is 1. The lowest BCUT2D eigenvalue weighted by Gasteiger charge is -2.18. The van der Waals surface area contributed by atoms with Gasteiger partial charge in [0.05, 0.1) is 22.7 Å². The van der Waals surface area contributed by atoms with Crippen molar-refractivity contribution in [3.8, 4) is 11.3 Å². The number of pyridine rings is 2. The zero-order valence-corrected chi connectivity index (χ0v) is 14.1. The van der Waals surface area contributed by atoms with Crippen LogP contribution in [-0.2, 0) is 4.79 Å². The monoisotopic (exact) mass is 346 g/mol. The van der Waals surface area contributed by atoms with Gasteiger partial charge in [-0.05, 0) is 30.7 Å². The number of nitrogens with zero attached hydrogens (tertiary/aromatic N) is 3. The highest BCUT2D eigenvalue weighted by molar-refractivity contribution is 6.07. The maximum atomic E-state index is 13.1. The molecule has 0 spiro atoms. The Bertz CT molecular complexity index is 988. The lowest BCUT2D eigenvalue weighted by Crippen LogP contribution is -2.32. The fourth-order valence-electron chi connectivity index (χ4n) is 3.37. The third kappa shape index (κ3) is 2.90. The molecule has 0 unspecified atom stereocenters. The lowest BCUT2D eigenvalue weighted by molar-refractivity contribution is -0.121. The van der Waals surface area contributed by atoms with Crippen molar-refractivity contribution in [3.05, 3.63) is 60.4 Å². The third-order valence-electron chi connectivity index (χ3n) is 4.80. The van der Waals surface area contributed by atoms with E-state index in [1.165, 1.54) is 0 Å². The van der Waals surface area contributed by atoms with Gasteiger partial charge in [-0.2, -0.15) is 0 Å². The first-order chi connectivity index (χ1) is 12.6. The number of hydrogen-bond acceptors (Lipinski definition) is 4. The number of likely N-dealkylation sites (tertiary alicyclic amines) is 1. The second-order valence-corrected chi connectivity index (χ2v) is 6.45. The summed E-state index contributed by atoms with van der Waals surface area (Å²) in [6.45, 7) is 0.906. The minimum atomic E-state index is -0.350. The van der Waals surface area contributed by atoms with Crippen molar-refractivity contribution < 1.29 is 9.59 Å². The minimum absolute atomic E-state index is 0.0948. The molecule has 1 atom stereocenters. The number of carbonyl (C=O) groups is 2. The highest BCUT2D eigenvalue weighted by Gasteiger charge is 2.31. The predicted octanol–water partition coefficient (Wildman–Crippen LogP) is 2.24. The van der Waals surface area contributed by atoms with Crippen molar-refractivity contribution in [1.29, 1.82) is 0 Å². The maximum absolute atomic E-state index is 13.1. The van der Waals surface area contributed by atoms with Crippen LogP contribution < -0.4 is 5.73 Å². The number of amides is 2. The highest BCUT2D eigenvalue weighted by atomic mass is 16.2. The van der Waals surface area contributed by atoms with Gasteiger partial charge >= 0.3 is 0 Å². The van der Waals surface area contributed by atoms with Crippen molar-refractivity contribution >= 4 is 22.7 Å². The van der Waals surface area contributed by atoms with Gasteiger partial charge in [-0.25, -0.2) is 4.98 Å². The van der Waals surface area contributed by atoms with Gasteiger partial charge in [0.1, 0.15) is 0 Å². The van der Waals surface area contributed by atoms with E-state index in [0.29, 0.717) is 25.1 Å². The van der Waals surface area contributed by atoms with Gasteiger partial charge in [0, 0.05) is 36.4 Å². The SMILES string of the molecule is NC(=O)[C@@H]1CCN(C(=O)c2cc(-c3ccncc3)nc3ccccc23)C1. The minimum Gasteiger partial charge on any atom is -0.369 e. The fraction of sp³-hybridized carbons (Fsp3) is 0.200. The van der Waals surface area contributed by atoms with Gasteiger partial charge in [0.2, 0.25) is 5.91 Å². The number of primary amides is 1. The van der Waals surface area contributed by atoms with E-state index in [2.05, 4.69) is 9.97 Å². The van der Waals surface area contributed by atoms with Crippen LogP contribution in [0.3, 0.4) is 0 Å². The number of carbonyl (C=O) groups excluding carboxylic acids is 2. The van der Waals surface area contributed by atoms with Gasteiger partial charge in [0.25, 0.3) is 5.91 Å². The van der Waals surface area contributed by atoms with Crippen LogP contribution >= 0.6 is 0 Å². The Labute approximate surface area is 150 Å². The van der Waals surface area contributed by atoms with E-state index in [-0.39, 0.29) is 17.7 Å². The van der Waals surface area contributed by atoms with Crippen molar-refractivity contribution in [2.45, 2.75) is 6.42 Å². The summed E-state index contributed by atoms with van der Waals surface area (Å²) in [4.78, 5) is 35.0. The maximum Gasteiger partial charge on any atom is 0.254 e. The number of nitrogens with two attached hydrogens (primary N) is 1. The Morgan fingerprint density at radius 2 is 1.88 bits per heavy atom. The van der Waals surface area contributed by atoms with Crippen LogP contribution in [0.5, 0.6) is 0 Å². The fourth-order valence-corrected chi connectivity index (χ4v) is 3.37. The highest BCUT2D eigenvalue weighted by Crippen LogP contribution is 2.27. The zero-order valence-electron chi connectivity index (χ0n) is 14.1. The molecule has 1 fully saturated rings. The molecule has 26 heavy (non-hydrogen) atoms. The van der Waals surface area contributed by atoms with Crippen LogP contribution in [-0.4, -0.2) is 39.8 Å². The summed E-state index contributed by atoms with van der Waals surface area (Å²) in [5.41, 5.74) is 8.37. The van der Waals surface area contributed by atoms with E-state index < -0.39 is 0 Å². The van der Waals surface area contributed by atoms with E-state index >= 15 is 0 Å². The van der Waals surface area contributed by atoms with Gasteiger partial charge in [-0.1, -0.05) is 18.2 Å². The molecule has 2 aromatic heterocycles.